The summed E-state index contributed by atoms with van der Waals surface area (Å²) in [6.07, 6.45) is -3.71. The number of methoxy groups -OCH3 is 1. The van der Waals surface area contributed by atoms with Gasteiger partial charge in [0.05, 0.1) is 34.5 Å². The number of hydrogen-bond acceptors (Lipinski definition) is 5. The van der Waals surface area contributed by atoms with E-state index in [9.17, 15) is 22.8 Å². The zero-order chi connectivity index (χ0) is 20.4. The molecule has 0 fully saturated rings. The molecule has 142 valence electrons. The normalized spacial score (nSPS) is 11.0. The van der Waals surface area contributed by atoms with Crippen LogP contribution in [0, 0.1) is 5.41 Å². The Morgan fingerprint density at radius 3 is 2.56 bits per heavy atom. The number of amides is 1. The highest BCUT2D eigenvalue weighted by Crippen LogP contribution is 2.35. The van der Waals surface area contributed by atoms with Gasteiger partial charge in [-0.3, -0.25) is 15.2 Å². The minimum atomic E-state index is -4.81. The van der Waals surface area contributed by atoms with Gasteiger partial charge in [-0.1, -0.05) is 17.7 Å². The van der Waals surface area contributed by atoms with Gasteiger partial charge >= 0.3 is 12.1 Å². The number of halogens is 5. The molecule has 1 aromatic carbocycles. The molecule has 0 aliphatic rings. The van der Waals surface area contributed by atoms with Crippen LogP contribution in [-0.2, 0) is 10.9 Å². The molecule has 0 saturated carbocycles. The highest BCUT2D eigenvalue weighted by Gasteiger charge is 2.36. The first kappa shape index (κ1) is 20.8. The average Bonchev–Trinajstić information content (AvgIpc) is 2.59. The van der Waals surface area contributed by atoms with Crippen LogP contribution in [0.2, 0.25) is 5.02 Å². The lowest BCUT2D eigenvalue weighted by molar-refractivity contribution is -0.137. The molecule has 0 spiro atoms. The first-order valence-electron chi connectivity index (χ1n) is 7.06. The molecule has 2 N–H and O–H groups in total. The van der Waals surface area contributed by atoms with Crippen LogP contribution >= 0.6 is 27.5 Å². The van der Waals surface area contributed by atoms with Crippen LogP contribution in [0.3, 0.4) is 0 Å². The summed E-state index contributed by atoms with van der Waals surface area (Å²) in [6, 6.07) is 4.06. The fourth-order valence-corrected chi connectivity index (χ4v) is 2.72. The van der Waals surface area contributed by atoms with Gasteiger partial charge in [-0.15, -0.1) is 0 Å². The third-order valence-electron chi connectivity index (χ3n) is 3.31. The van der Waals surface area contributed by atoms with Gasteiger partial charge in [0.25, 0.3) is 5.91 Å². The summed E-state index contributed by atoms with van der Waals surface area (Å²) in [5.41, 5.74) is -2.35. The Labute approximate surface area is 164 Å². The quantitative estimate of drug-likeness (QED) is 0.514. The zero-order valence-electron chi connectivity index (χ0n) is 13.4. The van der Waals surface area contributed by atoms with Gasteiger partial charge in [-0.25, -0.2) is 4.79 Å². The van der Waals surface area contributed by atoms with E-state index >= 15 is 0 Å². The molecular weight excluding hydrogens is 455 g/mol. The lowest BCUT2D eigenvalue weighted by Gasteiger charge is -2.15. The van der Waals surface area contributed by atoms with E-state index in [0.717, 1.165) is 37.6 Å². The van der Waals surface area contributed by atoms with E-state index < -0.39 is 34.2 Å². The van der Waals surface area contributed by atoms with Crippen molar-refractivity contribution < 1.29 is 27.5 Å². The number of rotatable bonds is 4. The Kier molecular flexibility index (Phi) is 6.22. The van der Waals surface area contributed by atoms with E-state index in [4.69, 9.17) is 17.0 Å². The van der Waals surface area contributed by atoms with Crippen molar-refractivity contribution in [2.45, 2.75) is 6.18 Å². The molecule has 6 nitrogen and oxygen atoms in total. The summed E-state index contributed by atoms with van der Waals surface area (Å²) < 4.78 is 43.9. The van der Waals surface area contributed by atoms with Gasteiger partial charge in [0.2, 0.25) is 0 Å². The topological polar surface area (TPSA) is 92.1 Å². The van der Waals surface area contributed by atoms with E-state index in [2.05, 4.69) is 31.0 Å². The summed E-state index contributed by atoms with van der Waals surface area (Å²) >= 11 is 8.67. The third kappa shape index (κ3) is 4.64. The molecule has 2 rings (SSSR count). The Morgan fingerprint density at radius 2 is 2.00 bits per heavy atom. The van der Waals surface area contributed by atoms with Crippen molar-refractivity contribution in [1.29, 1.82) is 5.41 Å². The Bertz CT molecular complexity index is 935. The second-order valence-electron chi connectivity index (χ2n) is 5.04. The predicted octanol–water partition coefficient (Wildman–Crippen LogP) is 4.51. The number of anilines is 1. The zero-order valence-corrected chi connectivity index (χ0v) is 15.8. The van der Waals surface area contributed by atoms with Gasteiger partial charge in [0.1, 0.15) is 10.3 Å². The number of alkyl halides is 3. The maximum atomic E-state index is 13.2. The van der Waals surface area contributed by atoms with E-state index in [1.165, 1.54) is 0 Å². The van der Waals surface area contributed by atoms with E-state index in [-0.39, 0.29) is 21.6 Å². The molecule has 0 aliphatic heterocycles. The number of nitrogens with zero attached hydrogens (tertiary/aromatic N) is 1. The first-order valence-corrected chi connectivity index (χ1v) is 8.23. The van der Waals surface area contributed by atoms with Crippen LogP contribution in [0.5, 0.6) is 0 Å². The highest BCUT2D eigenvalue weighted by atomic mass is 79.9. The SMILES string of the molecule is COC(=O)c1cnc(C(=N)Br)c(NC(=O)c2c(Cl)cccc2C(F)(F)F)c1. The van der Waals surface area contributed by atoms with Crippen LogP contribution in [0.1, 0.15) is 32.0 Å². The molecular formula is C16H10BrClF3N3O3. The summed E-state index contributed by atoms with van der Waals surface area (Å²) in [7, 11) is 1.13. The van der Waals surface area contributed by atoms with E-state index in [1.54, 1.807) is 0 Å². The minimum absolute atomic E-state index is 0.0690. The number of ether oxygens (including phenoxy) is 1. The number of esters is 1. The molecule has 1 heterocycles. The fourth-order valence-electron chi connectivity index (χ4n) is 2.14. The second kappa shape index (κ2) is 8.05. The molecule has 1 amide bonds. The number of aromatic nitrogens is 1. The highest BCUT2D eigenvalue weighted by molar-refractivity contribution is 9.18. The summed E-state index contributed by atoms with van der Waals surface area (Å²) in [5, 5.41) is 9.42. The second-order valence-corrected chi connectivity index (χ2v) is 6.24. The Balaban J connectivity index is 2.53. The van der Waals surface area contributed by atoms with Crippen molar-refractivity contribution in [2.75, 3.05) is 12.4 Å². The molecule has 27 heavy (non-hydrogen) atoms. The summed E-state index contributed by atoms with van der Waals surface area (Å²) in [5.74, 6) is -1.95. The third-order valence-corrected chi connectivity index (χ3v) is 4.00. The lowest BCUT2D eigenvalue weighted by Crippen LogP contribution is -2.21. The van der Waals surface area contributed by atoms with Crippen LogP contribution in [-0.4, -0.2) is 28.6 Å². The van der Waals surface area contributed by atoms with Crippen LogP contribution < -0.4 is 5.32 Å². The smallest absolute Gasteiger partial charge is 0.417 e. The number of benzene rings is 1. The molecule has 0 atom stereocenters. The molecule has 0 unspecified atom stereocenters. The molecule has 0 radical (unpaired) electrons. The van der Waals surface area contributed by atoms with Crippen molar-refractivity contribution in [3.63, 3.8) is 0 Å². The first-order chi connectivity index (χ1) is 12.6. The Morgan fingerprint density at radius 1 is 1.33 bits per heavy atom. The maximum absolute atomic E-state index is 13.2. The van der Waals surface area contributed by atoms with Crippen molar-refractivity contribution in [2.24, 2.45) is 0 Å². The minimum Gasteiger partial charge on any atom is -0.465 e. The van der Waals surface area contributed by atoms with Gasteiger partial charge in [-0.2, -0.15) is 13.2 Å². The fraction of sp³-hybridized carbons (Fsp3) is 0.125. The largest absolute Gasteiger partial charge is 0.465 e. The van der Waals surface area contributed by atoms with Crippen LogP contribution in [0.25, 0.3) is 0 Å². The van der Waals surface area contributed by atoms with Gasteiger partial charge in [0.15, 0.2) is 0 Å². The molecule has 2 aromatic rings. The van der Waals surface area contributed by atoms with Crippen LogP contribution in [0.4, 0.5) is 18.9 Å². The van der Waals surface area contributed by atoms with Crippen molar-refractivity contribution in [3.05, 3.63) is 57.9 Å². The maximum Gasteiger partial charge on any atom is 0.417 e. The molecule has 0 aliphatic carbocycles. The number of carbonyl (C=O) groups is 2. The molecule has 1 aromatic heterocycles. The lowest BCUT2D eigenvalue weighted by atomic mass is 10.1. The number of hydrogen-bond donors (Lipinski definition) is 2. The monoisotopic (exact) mass is 463 g/mol. The predicted molar refractivity (Wildman–Crippen MR) is 95.7 cm³/mol. The standard InChI is InChI=1S/C16H10BrClF3N3O3/c1-27-15(26)7-5-10(12(13(17)22)23-6-7)24-14(25)11-8(16(19,20)21)3-2-4-9(11)18/h2-6,22H,1H3,(H,24,25). The van der Waals surface area contributed by atoms with E-state index in [1.807, 2.05) is 0 Å². The Hall–Kier alpha value is -2.46. The van der Waals surface area contributed by atoms with Crippen LogP contribution in [0.15, 0.2) is 30.5 Å². The number of nitrogens with one attached hydrogen (secondary N) is 2. The number of pyridine rings is 1. The van der Waals surface area contributed by atoms with Gasteiger partial charge in [0, 0.05) is 6.20 Å². The summed E-state index contributed by atoms with van der Waals surface area (Å²) in [4.78, 5) is 28.0. The van der Waals surface area contributed by atoms with Gasteiger partial charge < -0.3 is 10.1 Å². The number of carbonyl (C=O) groups excluding carboxylic acids is 2. The molecule has 0 bridgehead atoms. The molecule has 11 heteroatoms. The van der Waals surface area contributed by atoms with Crippen molar-refractivity contribution in [3.8, 4) is 0 Å². The average molecular weight is 465 g/mol. The van der Waals surface area contributed by atoms with Crippen molar-refractivity contribution in [1.82, 2.24) is 4.98 Å². The van der Waals surface area contributed by atoms with Gasteiger partial charge in [-0.05, 0) is 34.1 Å². The molecule has 0 saturated heterocycles. The van der Waals surface area contributed by atoms with E-state index in [0.29, 0.717) is 0 Å². The van der Waals surface area contributed by atoms with Crippen molar-refractivity contribution >= 4 is 49.7 Å². The summed E-state index contributed by atoms with van der Waals surface area (Å²) in [6.45, 7) is 0.